The molecule has 0 aliphatic heterocycles. The normalized spacial score (nSPS) is 11.8. The Hall–Kier alpha value is -3.32. The molecule has 3 aromatic rings. The van der Waals surface area contributed by atoms with Gasteiger partial charge in [0.2, 0.25) is 0 Å². The summed E-state index contributed by atoms with van der Waals surface area (Å²) in [7, 11) is -4.09. The molecule has 28 heavy (non-hydrogen) atoms. The molecule has 0 spiro atoms. The number of nitrogens with zero attached hydrogens (tertiary/aromatic N) is 3. The Labute approximate surface area is 158 Å². The van der Waals surface area contributed by atoms with Gasteiger partial charge in [-0.3, -0.25) is 4.72 Å². The van der Waals surface area contributed by atoms with Gasteiger partial charge in [0, 0.05) is 6.07 Å². The van der Waals surface area contributed by atoms with Crippen LogP contribution in [0.4, 0.5) is 19.0 Å². The van der Waals surface area contributed by atoms with E-state index in [9.17, 15) is 21.6 Å². The molecular formula is C18H13F3N4O2S. The van der Waals surface area contributed by atoms with Crippen molar-refractivity contribution in [2.75, 3.05) is 4.72 Å². The molecule has 0 unspecified atom stereocenters. The van der Waals surface area contributed by atoms with E-state index in [1.165, 1.54) is 42.5 Å². The van der Waals surface area contributed by atoms with Gasteiger partial charge in [0.25, 0.3) is 10.0 Å². The van der Waals surface area contributed by atoms with Crippen LogP contribution in [-0.4, -0.2) is 18.2 Å². The number of alkyl halides is 3. The third-order valence-corrected chi connectivity index (χ3v) is 5.11. The molecule has 0 bridgehead atoms. The highest BCUT2D eigenvalue weighted by Gasteiger charge is 2.31. The second-order valence-corrected chi connectivity index (χ2v) is 7.56. The predicted octanol–water partition coefficient (Wildman–Crippen LogP) is 3.87. The Morgan fingerprint density at radius 2 is 1.82 bits per heavy atom. The summed E-state index contributed by atoms with van der Waals surface area (Å²) in [6.07, 6.45) is -4.55. The number of aromatic nitrogens is 2. The van der Waals surface area contributed by atoms with Crippen molar-refractivity contribution in [3.8, 4) is 11.8 Å². The molecule has 1 heterocycles. The van der Waals surface area contributed by atoms with Crippen molar-refractivity contribution in [2.45, 2.75) is 18.0 Å². The van der Waals surface area contributed by atoms with Crippen molar-refractivity contribution in [2.24, 2.45) is 0 Å². The van der Waals surface area contributed by atoms with Crippen LogP contribution in [0.5, 0.6) is 0 Å². The van der Waals surface area contributed by atoms with E-state index in [1.54, 1.807) is 6.92 Å². The zero-order chi connectivity index (χ0) is 20.5. The first kappa shape index (κ1) is 19.4. The average Bonchev–Trinajstić information content (AvgIpc) is 3.00. The van der Waals surface area contributed by atoms with Gasteiger partial charge in [0.05, 0.1) is 33.5 Å². The quantitative estimate of drug-likeness (QED) is 0.712. The number of nitrogens with one attached hydrogen (secondary N) is 1. The number of hydrogen-bond donors (Lipinski definition) is 1. The van der Waals surface area contributed by atoms with Crippen molar-refractivity contribution >= 4 is 15.8 Å². The van der Waals surface area contributed by atoms with Crippen LogP contribution in [0.3, 0.4) is 0 Å². The number of benzene rings is 2. The zero-order valence-corrected chi connectivity index (χ0v) is 15.2. The molecule has 0 amide bonds. The molecule has 0 saturated carbocycles. The van der Waals surface area contributed by atoms with Gasteiger partial charge in [0.1, 0.15) is 5.82 Å². The highest BCUT2D eigenvalue weighted by Crippen LogP contribution is 2.31. The first-order valence-electron chi connectivity index (χ1n) is 7.87. The molecule has 0 aliphatic carbocycles. The van der Waals surface area contributed by atoms with Crippen molar-refractivity contribution in [3.05, 3.63) is 71.4 Å². The summed E-state index contributed by atoms with van der Waals surface area (Å²) in [6.45, 7) is 1.58. The summed E-state index contributed by atoms with van der Waals surface area (Å²) in [5.74, 6) is -0.0285. The monoisotopic (exact) mass is 406 g/mol. The molecule has 0 fully saturated rings. The van der Waals surface area contributed by atoms with Gasteiger partial charge in [-0.2, -0.15) is 23.5 Å². The SMILES string of the molecule is Cc1cc(NS(=O)(=O)c2cccc(C#N)c2)n(-c2cccc(C(F)(F)F)c2)n1. The lowest BCUT2D eigenvalue weighted by molar-refractivity contribution is -0.137. The number of anilines is 1. The summed E-state index contributed by atoms with van der Waals surface area (Å²) in [5, 5.41) is 13.0. The van der Waals surface area contributed by atoms with Crippen LogP contribution in [0.15, 0.2) is 59.5 Å². The van der Waals surface area contributed by atoms with Crippen LogP contribution >= 0.6 is 0 Å². The zero-order valence-electron chi connectivity index (χ0n) is 14.4. The molecule has 0 saturated heterocycles. The minimum Gasteiger partial charge on any atom is -0.263 e. The Kier molecular flexibility index (Phi) is 4.87. The molecule has 0 atom stereocenters. The number of nitriles is 1. The van der Waals surface area contributed by atoms with Gasteiger partial charge in [-0.05, 0) is 43.3 Å². The van der Waals surface area contributed by atoms with Crippen LogP contribution in [0.25, 0.3) is 5.69 Å². The van der Waals surface area contributed by atoms with Gasteiger partial charge in [-0.15, -0.1) is 0 Å². The Bertz CT molecular complexity index is 1180. The van der Waals surface area contributed by atoms with E-state index in [4.69, 9.17) is 5.26 Å². The number of hydrogen-bond acceptors (Lipinski definition) is 4. The van der Waals surface area contributed by atoms with Crippen LogP contribution in [-0.2, 0) is 16.2 Å². The van der Waals surface area contributed by atoms with Gasteiger partial charge in [-0.1, -0.05) is 12.1 Å². The lowest BCUT2D eigenvalue weighted by atomic mass is 10.2. The summed E-state index contributed by atoms with van der Waals surface area (Å²) in [6, 6.07) is 13.0. The van der Waals surface area contributed by atoms with E-state index in [0.29, 0.717) is 5.69 Å². The van der Waals surface area contributed by atoms with Crippen molar-refractivity contribution in [1.29, 1.82) is 5.26 Å². The van der Waals surface area contributed by atoms with Gasteiger partial charge < -0.3 is 0 Å². The molecular weight excluding hydrogens is 393 g/mol. The molecule has 0 radical (unpaired) electrons. The number of halogens is 3. The number of aryl methyl sites for hydroxylation is 1. The maximum absolute atomic E-state index is 13.0. The minimum atomic E-state index is -4.55. The van der Waals surface area contributed by atoms with Gasteiger partial charge >= 0.3 is 6.18 Å². The fourth-order valence-corrected chi connectivity index (χ4v) is 3.59. The first-order chi connectivity index (χ1) is 13.1. The minimum absolute atomic E-state index is 0.0285. The third-order valence-electron chi connectivity index (χ3n) is 3.76. The van der Waals surface area contributed by atoms with Crippen LogP contribution in [0.2, 0.25) is 0 Å². The first-order valence-corrected chi connectivity index (χ1v) is 9.36. The Morgan fingerprint density at radius 3 is 2.50 bits per heavy atom. The van der Waals surface area contributed by atoms with E-state index < -0.39 is 21.8 Å². The predicted molar refractivity (Wildman–Crippen MR) is 95.3 cm³/mol. The average molecular weight is 406 g/mol. The lowest BCUT2D eigenvalue weighted by Gasteiger charge is -2.13. The molecule has 3 rings (SSSR count). The second kappa shape index (κ2) is 7.01. The fraction of sp³-hybridized carbons (Fsp3) is 0.111. The summed E-state index contributed by atoms with van der Waals surface area (Å²) >= 11 is 0. The van der Waals surface area contributed by atoms with E-state index in [1.807, 2.05) is 6.07 Å². The van der Waals surface area contributed by atoms with Gasteiger partial charge in [0.15, 0.2) is 0 Å². The topological polar surface area (TPSA) is 87.8 Å². The highest BCUT2D eigenvalue weighted by molar-refractivity contribution is 7.92. The van der Waals surface area contributed by atoms with E-state index in [0.717, 1.165) is 16.8 Å². The van der Waals surface area contributed by atoms with Gasteiger partial charge in [-0.25, -0.2) is 13.1 Å². The summed E-state index contributed by atoms with van der Waals surface area (Å²) < 4.78 is 67.6. The molecule has 0 aliphatic rings. The fourth-order valence-electron chi connectivity index (χ4n) is 2.51. The Balaban J connectivity index is 2.03. The lowest BCUT2D eigenvalue weighted by Crippen LogP contribution is -2.16. The molecule has 10 heteroatoms. The largest absolute Gasteiger partial charge is 0.416 e. The number of rotatable bonds is 4. The maximum atomic E-state index is 13.0. The van der Waals surface area contributed by atoms with Crippen molar-refractivity contribution in [1.82, 2.24) is 9.78 Å². The molecule has 1 aromatic heterocycles. The molecule has 6 nitrogen and oxygen atoms in total. The molecule has 144 valence electrons. The standard InChI is InChI=1S/C18H13F3N4O2S/c1-12-8-17(24-28(26,27)16-7-2-4-13(9-16)11-22)25(23-12)15-6-3-5-14(10-15)18(19,20)21/h2-10,24H,1H3. The maximum Gasteiger partial charge on any atom is 0.416 e. The summed E-state index contributed by atoms with van der Waals surface area (Å²) in [5.41, 5.74) is -0.272. The summed E-state index contributed by atoms with van der Waals surface area (Å²) in [4.78, 5) is -0.152. The van der Waals surface area contributed by atoms with E-state index in [2.05, 4.69) is 9.82 Å². The third kappa shape index (κ3) is 3.99. The van der Waals surface area contributed by atoms with Crippen molar-refractivity contribution < 1.29 is 21.6 Å². The second-order valence-electron chi connectivity index (χ2n) is 5.88. The van der Waals surface area contributed by atoms with Crippen LogP contribution in [0.1, 0.15) is 16.8 Å². The smallest absolute Gasteiger partial charge is 0.263 e. The van der Waals surface area contributed by atoms with E-state index >= 15 is 0 Å². The Morgan fingerprint density at radius 1 is 1.11 bits per heavy atom. The number of sulfonamides is 1. The van der Waals surface area contributed by atoms with Crippen LogP contribution < -0.4 is 4.72 Å². The highest BCUT2D eigenvalue weighted by atomic mass is 32.2. The van der Waals surface area contributed by atoms with Crippen LogP contribution in [0, 0.1) is 18.3 Å². The molecule has 2 aromatic carbocycles. The molecule has 1 N–H and O–H groups in total. The van der Waals surface area contributed by atoms with Crippen molar-refractivity contribution in [3.63, 3.8) is 0 Å². The van der Waals surface area contributed by atoms with E-state index in [-0.39, 0.29) is 22.0 Å².